The second-order valence-corrected chi connectivity index (χ2v) is 3.11. The van der Waals surface area contributed by atoms with Crippen molar-refractivity contribution in [3.05, 3.63) is 29.8 Å². The molecule has 5 nitrogen and oxygen atoms in total. The van der Waals surface area contributed by atoms with E-state index in [1.807, 2.05) is 6.92 Å². The van der Waals surface area contributed by atoms with E-state index in [9.17, 15) is 9.59 Å². The largest absolute Gasteiger partial charge is 0.452 e. The molecule has 0 heterocycles. The molecule has 0 bridgehead atoms. The predicted molar refractivity (Wildman–Crippen MR) is 58.5 cm³/mol. The number of ether oxygens (including phenoxy) is 2. The molecule has 0 fully saturated rings. The Balaban J connectivity index is 3.06. The molecule has 0 radical (unpaired) electrons. The fourth-order valence-electron chi connectivity index (χ4n) is 1.16. The number of benzene rings is 1. The third kappa shape index (κ3) is 2.50. The molecule has 0 aromatic heterocycles. The maximum absolute atomic E-state index is 11.4. The molecule has 1 rings (SSSR count). The number of rotatable bonds is 1. The van der Waals surface area contributed by atoms with Crippen LogP contribution < -0.4 is 4.90 Å². The van der Waals surface area contributed by atoms with E-state index < -0.39 is 12.2 Å². The van der Waals surface area contributed by atoms with Crippen molar-refractivity contribution in [1.29, 1.82) is 0 Å². The Kier molecular flexibility index (Phi) is 3.88. The Morgan fingerprint density at radius 2 is 1.44 bits per heavy atom. The lowest BCUT2D eigenvalue weighted by Crippen LogP contribution is -2.36. The first-order valence-corrected chi connectivity index (χ1v) is 4.63. The molecule has 0 atom stereocenters. The number of nitrogens with zero attached hydrogens (tertiary/aromatic N) is 1. The summed E-state index contributed by atoms with van der Waals surface area (Å²) in [6.45, 7) is 1.91. The summed E-state index contributed by atoms with van der Waals surface area (Å²) < 4.78 is 9.01. The summed E-state index contributed by atoms with van der Waals surface area (Å²) >= 11 is 0. The second kappa shape index (κ2) is 5.16. The number of hydrogen-bond acceptors (Lipinski definition) is 4. The minimum atomic E-state index is -0.782. The van der Waals surface area contributed by atoms with Crippen molar-refractivity contribution < 1.29 is 19.1 Å². The number of hydrogen-bond donors (Lipinski definition) is 0. The number of methoxy groups -OCH3 is 2. The van der Waals surface area contributed by atoms with Crippen molar-refractivity contribution in [2.45, 2.75) is 6.92 Å². The highest BCUT2D eigenvalue weighted by atomic mass is 16.6. The van der Waals surface area contributed by atoms with E-state index in [1.165, 1.54) is 14.2 Å². The Labute approximate surface area is 93.6 Å². The highest BCUT2D eigenvalue weighted by Gasteiger charge is 2.24. The molecule has 0 aliphatic rings. The lowest BCUT2D eigenvalue weighted by atomic mass is 10.2. The van der Waals surface area contributed by atoms with Crippen molar-refractivity contribution in [3.63, 3.8) is 0 Å². The molecule has 0 saturated heterocycles. The third-order valence-electron chi connectivity index (χ3n) is 2.01. The first-order chi connectivity index (χ1) is 7.60. The summed E-state index contributed by atoms with van der Waals surface area (Å²) in [5.74, 6) is 0. The molecule has 2 amide bonds. The molecule has 1 aromatic carbocycles. The van der Waals surface area contributed by atoms with Gasteiger partial charge < -0.3 is 9.47 Å². The zero-order valence-electron chi connectivity index (χ0n) is 9.39. The van der Waals surface area contributed by atoms with E-state index in [-0.39, 0.29) is 0 Å². The van der Waals surface area contributed by atoms with Gasteiger partial charge in [0.1, 0.15) is 0 Å². The van der Waals surface area contributed by atoms with Crippen LogP contribution >= 0.6 is 0 Å². The molecule has 0 unspecified atom stereocenters. The maximum Gasteiger partial charge on any atom is 0.423 e. The quantitative estimate of drug-likeness (QED) is 0.733. The van der Waals surface area contributed by atoms with Crippen LogP contribution in [0, 0.1) is 6.92 Å². The molecule has 1 aromatic rings. The van der Waals surface area contributed by atoms with E-state index in [1.54, 1.807) is 24.3 Å². The Bertz CT molecular complexity index is 369. The predicted octanol–water partition coefficient (Wildman–Crippen LogP) is 2.33. The zero-order valence-corrected chi connectivity index (χ0v) is 9.39. The number of imide groups is 1. The monoisotopic (exact) mass is 223 g/mol. The molecule has 0 aliphatic heterocycles. The van der Waals surface area contributed by atoms with Crippen molar-refractivity contribution in [2.24, 2.45) is 0 Å². The van der Waals surface area contributed by atoms with E-state index >= 15 is 0 Å². The minimum absolute atomic E-state index is 0.407. The third-order valence-corrected chi connectivity index (χ3v) is 2.01. The van der Waals surface area contributed by atoms with Gasteiger partial charge in [0.15, 0.2) is 0 Å². The van der Waals surface area contributed by atoms with Crippen LogP contribution in [0.15, 0.2) is 24.3 Å². The average Bonchev–Trinajstić information content (AvgIpc) is 2.31. The van der Waals surface area contributed by atoms with E-state index in [4.69, 9.17) is 0 Å². The van der Waals surface area contributed by atoms with Crippen molar-refractivity contribution >= 4 is 17.9 Å². The van der Waals surface area contributed by atoms with Crippen LogP contribution in [-0.2, 0) is 9.47 Å². The fourth-order valence-corrected chi connectivity index (χ4v) is 1.16. The van der Waals surface area contributed by atoms with Gasteiger partial charge in [-0.25, -0.2) is 9.59 Å². The Hall–Kier alpha value is -2.04. The average molecular weight is 223 g/mol. The lowest BCUT2D eigenvalue weighted by Gasteiger charge is -2.17. The van der Waals surface area contributed by atoms with Gasteiger partial charge in [0.25, 0.3) is 0 Å². The van der Waals surface area contributed by atoms with Crippen LogP contribution in [0.4, 0.5) is 15.3 Å². The van der Waals surface area contributed by atoms with Crippen LogP contribution in [0.5, 0.6) is 0 Å². The SMILES string of the molecule is COC(=O)N(C(=O)OC)c1ccc(C)cc1. The standard InChI is InChI=1S/C11H13NO4/c1-8-4-6-9(7-5-8)12(10(13)15-2)11(14)16-3/h4-7H,1-3H3. The number of carbonyl (C=O) groups is 2. The Morgan fingerprint density at radius 1 is 1.00 bits per heavy atom. The normalized spacial score (nSPS) is 9.44. The summed E-state index contributed by atoms with van der Waals surface area (Å²) in [5, 5.41) is 0. The number of aryl methyl sites for hydroxylation is 1. The summed E-state index contributed by atoms with van der Waals surface area (Å²) in [6.07, 6.45) is -1.56. The zero-order chi connectivity index (χ0) is 12.1. The fraction of sp³-hybridized carbons (Fsp3) is 0.273. The number of carbonyl (C=O) groups excluding carboxylic acids is 2. The molecular formula is C11H13NO4. The van der Waals surface area contributed by atoms with Crippen molar-refractivity contribution in [1.82, 2.24) is 0 Å². The molecule has 0 aliphatic carbocycles. The maximum atomic E-state index is 11.4. The molecule has 5 heteroatoms. The van der Waals surface area contributed by atoms with Gasteiger partial charge in [0.2, 0.25) is 0 Å². The van der Waals surface area contributed by atoms with Crippen LogP contribution in [0.25, 0.3) is 0 Å². The smallest absolute Gasteiger partial charge is 0.423 e. The van der Waals surface area contributed by atoms with Crippen molar-refractivity contribution in [2.75, 3.05) is 19.1 Å². The van der Waals surface area contributed by atoms with Crippen LogP contribution in [0.3, 0.4) is 0 Å². The minimum Gasteiger partial charge on any atom is -0.452 e. The Morgan fingerprint density at radius 3 is 1.81 bits per heavy atom. The summed E-state index contributed by atoms with van der Waals surface area (Å²) in [7, 11) is 2.40. The number of amides is 2. The van der Waals surface area contributed by atoms with Gasteiger partial charge in [-0.3, -0.25) is 0 Å². The topological polar surface area (TPSA) is 55.8 Å². The van der Waals surface area contributed by atoms with E-state index in [0.717, 1.165) is 10.5 Å². The highest BCUT2D eigenvalue weighted by molar-refractivity contribution is 6.09. The summed E-state index contributed by atoms with van der Waals surface area (Å²) in [6, 6.07) is 6.86. The molecular weight excluding hydrogens is 210 g/mol. The molecule has 0 saturated carbocycles. The van der Waals surface area contributed by atoms with E-state index in [0.29, 0.717) is 5.69 Å². The van der Waals surface area contributed by atoms with Gasteiger partial charge in [-0.05, 0) is 19.1 Å². The van der Waals surface area contributed by atoms with Gasteiger partial charge in [-0.2, -0.15) is 4.90 Å². The molecule has 16 heavy (non-hydrogen) atoms. The number of anilines is 1. The van der Waals surface area contributed by atoms with Gasteiger partial charge in [-0.15, -0.1) is 0 Å². The van der Waals surface area contributed by atoms with Crippen LogP contribution in [-0.4, -0.2) is 26.4 Å². The van der Waals surface area contributed by atoms with Gasteiger partial charge in [0, 0.05) is 0 Å². The van der Waals surface area contributed by atoms with E-state index in [2.05, 4.69) is 9.47 Å². The summed E-state index contributed by atoms with van der Waals surface area (Å²) in [5.41, 5.74) is 1.43. The first kappa shape index (κ1) is 12.0. The summed E-state index contributed by atoms with van der Waals surface area (Å²) in [4.78, 5) is 23.6. The van der Waals surface area contributed by atoms with Gasteiger partial charge in [0.05, 0.1) is 19.9 Å². The molecule has 0 N–H and O–H groups in total. The molecule has 0 spiro atoms. The van der Waals surface area contributed by atoms with Gasteiger partial charge in [-0.1, -0.05) is 17.7 Å². The second-order valence-electron chi connectivity index (χ2n) is 3.11. The lowest BCUT2D eigenvalue weighted by molar-refractivity contribution is 0.159. The molecule has 86 valence electrons. The van der Waals surface area contributed by atoms with Crippen LogP contribution in [0.1, 0.15) is 5.56 Å². The van der Waals surface area contributed by atoms with Crippen LogP contribution in [0.2, 0.25) is 0 Å². The highest BCUT2D eigenvalue weighted by Crippen LogP contribution is 2.17. The van der Waals surface area contributed by atoms with Crippen molar-refractivity contribution in [3.8, 4) is 0 Å². The first-order valence-electron chi connectivity index (χ1n) is 4.63. The van der Waals surface area contributed by atoms with Gasteiger partial charge >= 0.3 is 12.2 Å².